The van der Waals surface area contributed by atoms with Gasteiger partial charge in [-0.25, -0.2) is 8.42 Å². The monoisotopic (exact) mass is 435 g/mol. The molecule has 1 amide bonds. The molecule has 2 aromatic carbocycles. The van der Waals surface area contributed by atoms with Crippen LogP contribution in [0.25, 0.3) is 0 Å². The van der Waals surface area contributed by atoms with Crippen LogP contribution in [-0.2, 0) is 14.8 Å². The van der Waals surface area contributed by atoms with Gasteiger partial charge in [0.05, 0.1) is 18.3 Å². The molecule has 0 aliphatic carbocycles. The van der Waals surface area contributed by atoms with Gasteiger partial charge in [-0.2, -0.15) is 0 Å². The van der Waals surface area contributed by atoms with Crippen LogP contribution < -0.4 is 14.4 Å². The lowest BCUT2D eigenvalue weighted by Gasteiger charge is -2.31. The number of nitro groups is 1. The lowest BCUT2D eigenvalue weighted by Crippen LogP contribution is -2.47. The van der Waals surface area contributed by atoms with Crippen LogP contribution in [0.4, 0.5) is 17.1 Å². The number of hydrogen-bond acceptors (Lipinski definition) is 6. The van der Waals surface area contributed by atoms with Crippen molar-refractivity contribution in [3.05, 3.63) is 57.6 Å². The molecule has 162 valence electrons. The van der Waals surface area contributed by atoms with Gasteiger partial charge in [0, 0.05) is 17.8 Å². The number of carbonyl (C=O) groups excluding carboxylic acids is 1. The zero-order chi connectivity index (χ0) is 22.6. The quantitative estimate of drug-likeness (QED) is 0.501. The Morgan fingerprint density at radius 1 is 1.23 bits per heavy atom. The second-order valence-corrected chi connectivity index (χ2v) is 8.76. The Hall–Kier alpha value is -3.14. The summed E-state index contributed by atoms with van der Waals surface area (Å²) in [7, 11) is -2.67. The number of hydrogen-bond donors (Lipinski definition) is 1. The highest BCUT2D eigenvalue weighted by atomic mass is 32.2. The van der Waals surface area contributed by atoms with Crippen LogP contribution >= 0.6 is 0 Å². The second-order valence-electron chi connectivity index (χ2n) is 6.90. The van der Waals surface area contributed by atoms with Gasteiger partial charge in [0.15, 0.2) is 0 Å². The number of rotatable bonds is 8. The van der Waals surface area contributed by atoms with E-state index < -0.39 is 26.9 Å². The lowest BCUT2D eigenvalue weighted by molar-refractivity contribution is -0.384. The fraction of sp³-hybridized carbons (Fsp3) is 0.350. The Bertz CT molecular complexity index is 1070. The van der Waals surface area contributed by atoms with E-state index in [1.54, 1.807) is 13.0 Å². The molecule has 1 atom stereocenters. The van der Waals surface area contributed by atoms with Crippen LogP contribution in [0.15, 0.2) is 36.4 Å². The Morgan fingerprint density at radius 3 is 2.43 bits per heavy atom. The molecule has 30 heavy (non-hydrogen) atoms. The third-order valence-electron chi connectivity index (χ3n) is 4.59. The van der Waals surface area contributed by atoms with E-state index >= 15 is 0 Å². The Balaban J connectivity index is 2.57. The largest absolute Gasteiger partial charge is 0.495 e. The topological polar surface area (TPSA) is 119 Å². The van der Waals surface area contributed by atoms with Crippen LogP contribution in [0.1, 0.15) is 24.5 Å². The van der Waals surface area contributed by atoms with Crippen molar-refractivity contribution in [3.63, 3.8) is 0 Å². The van der Waals surface area contributed by atoms with Crippen LogP contribution in [0.2, 0.25) is 0 Å². The first-order valence-electron chi connectivity index (χ1n) is 9.19. The van der Waals surface area contributed by atoms with Crippen molar-refractivity contribution in [2.75, 3.05) is 23.0 Å². The maximum absolute atomic E-state index is 13.1. The molecule has 0 bridgehead atoms. The molecule has 1 N–H and O–H groups in total. The summed E-state index contributed by atoms with van der Waals surface area (Å²) in [5.74, 6) is -0.450. The molecule has 1 unspecified atom stereocenters. The number of non-ortho nitro benzene ring substituents is 1. The SMILES string of the molecule is CCC(C(=O)Nc1cc(C)ccc1C)N(c1cc([N+](=O)[O-])ccc1OC)S(C)(=O)=O. The maximum atomic E-state index is 13.1. The lowest BCUT2D eigenvalue weighted by atomic mass is 10.1. The van der Waals surface area contributed by atoms with Crippen LogP contribution in [0.3, 0.4) is 0 Å². The number of nitrogens with one attached hydrogen (secondary N) is 1. The third-order valence-corrected chi connectivity index (χ3v) is 5.76. The van der Waals surface area contributed by atoms with Gasteiger partial charge >= 0.3 is 0 Å². The molecule has 0 aromatic heterocycles. The van der Waals surface area contributed by atoms with Gasteiger partial charge in [-0.05, 0) is 43.5 Å². The summed E-state index contributed by atoms with van der Waals surface area (Å²) < 4.78 is 31.5. The van der Waals surface area contributed by atoms with E-state index in [0.717, 1.165) is 27.8 Å². The number of benzene rings is 2. The number of ether oxygens (including phenoxy) is 1. The van der Waals surface area contributed by atoms with Crippen molar-refractivity contribution in [1.82, 2.24) is 0 Å². The Morgan fingerprint density at radius 2 is 1.90 bits per heavy atom. The van der Waals surface area contributed by atoms with Gasteiger partial charge in [0.1, 0.15) is 17.5 Å². The molecular formula is C20H25N3O6S. The van der Waals surface area contributed by atoms with E-state index in [0.29, 0.717) is 5.69 Å². The van der Waals surface area contributed by atoms with Crippen molar-refractivity contribution in [2.45, 2.75) is 33.2 Å². The summed E-state index contributed by atoms with van der Waals surface area (Å²) in [6.07, 6.45) is 1.08. The molecule has 2 rings (SSSR count). The molecule has 0 aliphatic rings. The van der Waals surface area contributed by atoms with Crippen molar-refractivity contribution >= 4 is 33.0 Å². The van der Waals surface area contributed by atoms with E-state index in [1.165, 1.54) is 19.2 Å². The third kappa shape index (κ3) is 5.07. The number of methoxy groups -OCH3 is 1. The molecule has 0 heterocycles. The molecule has 0 saturated heterocycles. The number of sulfonamides is 1. The molecule has 0 radical (unpaired) electrons. The first kappa shape index (κ1) is 23.1. The first-order chi connectivity index (χ1) is 14.0. The van der Waals surface area contributed by atoms with Gasteiger partial charge in [0.2, 0.25) is 15.9 Å². The maximum Gasteiger partial charge on any atom is 0.271 e. The smallest absolute Gasteiger partial charge is 0.271 e. The zero-order valence-corrected chi connectivity index (χ0v) is 18.3. The molecular weight excluding hydrogens is 410 g/mol. The summed E-state index contributed by atoms with van der Waals surface area (Å²) in [5, 5.41) is 14.0. The fourth-order valence-electron chi connectivity index (χ4n) is 3.09. The fourth-order valence-corrected chi connectivity index (χ4v) is 4.29. The second kappa shape index (κ2) is 9.12. The molecule has 10 heteroatoms. The minimum Gasteiger partial charge on any atom is -0.495 e. The van der Waals surface area contributed by atoms with Crippen molar-refractivity contribution in [3.8, 4) is 5.75 Å². The summed E-state index contributed by atoms with van der Waals surface area (Å²) in [4.78, 5) is 23.7. The zero-order valence-electron chi connectivity index (χ0n) is 17.5. The number of nitrogens with zero attached hydrogens (tertiary/aromatic N) is 2. The molecule has 0 fully saturated rings. The minimum atomic E-state index is -3.99. The highest BCUT2D eigenvalue weighted by Gasteiger charge is 2.34. The molecule has 2 aromatic rings. The van der Waals surface area contributed by atoms with Gasteiger partial charge in [-0.3, -0.25) is 19.2 Å². The van der Waals surface area contributed by atoms with E-state index in [1.807, 2.05) is 26.0 Å². The van der Waals surface area contributed by atoms with Crippen LogP contribution in [0.5, 0.6) is 5.75 Å². The number of nitro benzene ring substituents is 1. The van der Waals surface area contributed by atoms with Gasteiger partial charge < -0.3 is 10.1 Å². The number of carbonyl (C=O) groups is 1. The van der Waals surface area contributed by atoms with E-state index in [9.17, 15) is 23.3 Å². The first-order valence-corrected chi connectivity index (χ1v) is 11.0. The summed E-state index contributed by atoms with van der Waals surface area (Å²) in [6, 6.07) is 8.01. The molecule has 9 nitrogen and oxygen atoms in total. The van der Waals surface area contributed by atoms with Gasteiger partial charge in [0.25, 0.3) is 5.69 Å². The minimum absolute atomic E-state index is 0.0721. The predicted molar refractivity (Wildman–Crippen MR) is 116 cm³/mol. The van der Waals surface area contributed by atoms with Gasteiger partial charge in [-0.1, -0.05) is 19.1 Å². The highest BCUT2D eigenvalue weighted by Crippen LogP contribution is 2.36. The van der Waals surface area contributed by atoms with E-state index in [-0.39, 0.29) is 23.5 Å². The van der Waals surface area contributed by atoms with E-state index in [2.05, 4.69) is 5.32 Å². The molecule has 0 saturated carbocycles. The Kier molecular flexibility index (Phi) is 7.04. The predicted octanol–water partition coefficient (Wildman–Crippen LogP) is 3.40. The Labute approximate surface area is 175 Å². The standard InChI is InChI=1S/C20H25N3O6S/c1-6-17(20(24)21-16-11-13(2)7-8-14(16)3)22(30(5,27)28)18-12-15(23(25)26)9-10-19(18)29-4/h7-12,17H,6H2,1-5H3,(H,21,24). The van der Waals surface area contributed by atoms with E-state index in [4.69, 9.17) is 4.74 Å². The number of amides is 1. The summed E-state index contributed by atoms with van der Waals surface area (Å²) in [5.41, 5.74) is 1.94. The normalized spacial score (nSPS) is 12.2. The molecule has 0 spiro atoms. The number of anilines is 2. The van der Waals surface area contributed by atoms with Crippen molar-refractivity contribution < 1.29 is 22.9 Å². The average Bonchev–Trinajstić information content (AvgIpc) is 2.67. The van der Waals surface area contributed by atoms with Crippen LogP contribution in [-0.4, -0.2) is 38.7 Å². The summed E-state index contributed by atoms with van der Waals surface area (Å²) >= 11 is 0. The van der Waals surface area contributed by atoms with Gasteiger partial charge in [-0.15, -0.1) is 0 Å². The number of aryl methyl sites for hydroxylation is 2. The average molecular weight is 436 g/mol. The summed E-state index contributed by atoms with van der Waals surface area (Å²) in [6.45, 7) is 5.37. The highest BCUT2D eigenvalue weighted by molar-refractivity contribution is 7.92. The van der Waals surface area contributed by atoms with Crippen LogP contribution in [0, 0.1) is 24.0 Å². The molecule has 0 aliphatic heterocycles. The van der Waals surface area contributed by atoms with Crippen molar-refractivity contribution in [1.29, 1.82) is 0 Å². The van der Waals surface area contributed by atoms with Crippen molar-refractivity contribution in [2.24, 2.45) is 0 Å².